The summed E-state index contributed by atoms with van der Waals surface area (Å²) in [7, 11) is -3.95. The summed E-state index contributed by atoms with van der Waals surface area (Å²) in [6.07, 6.45) is 3.77. The molecule has 1 aliphatic heterocycles. The molecule has 2 aromatic rings. The van der Waals surface area contributed by atoms with E-state index in [0.717, 1.165) is 19.6 Å². The van der Waals surface area contributed by atoms with Crippen LogP contribution in [0.15, 0.2) is 53.4 Å². The van der Waals surface area contributed by atoms with Crippen molar-refractivity contribution in [1.82, 2.24) is 10.2 Å². The number of para-hydroxylation sites is 1. The Kier molecular flexibility index (Phi) is 7.44. The van der Waals surface area contributed by atoms with Crippen LogP contribution >= 0.6 is 0 Å². The van der Waals surface area contributed by atoms with Crippen LogP contribution in [0.4, 0.5) is 10.1 Å². The van der Waals surface area contributed by atoms with Crippen molar-refractivity contribution in [3.8, 4) is 0 Å². The highest BCUT2D eigenvalue weighted by atomic mass is 32.2. The molecule has 3 rings (SSSR count). The van der Waals surface area contributed by atoms with Crippen molar-refractivity contribution in [2.24, 2.45) is 5.92 Å². The lowest BCUT2D eigenvalue weighted by Gasteiger charge is -2.29. The monoisotopic (exact) mass is 433 g/mol. The highest BCUT2D eigenvalue weighted by Gasteiger charge is 2.18. The number of amides is 1. The van der Waals surface area contributed by atoms with E-state index in [1.54, 1.807) is 6.07 Å². The summed E-state index contributed by atoms with van der Waals surface area (Å²) < 4.78 is 40.9. The van der Waals surface area contributed by atoms with Gasteiger partial charge < -0.3 is 10.2 Å². The van der Waals surface area contributed by atoms with E-state index in [2.05, 4.69) is 21.9 Å². The molecule has 1 fully saturated rings. The van der Waals surface area contributed by atoms with Crippen LogP contribution in [0.25, 0.3) is 0 Å². The van der Waals surface area contributed by atoms with E-state index < -0.39 is 15.8 Å². The number of hydrogen-bond acceptors (Lipinski definition) is 4. The van der Waals surface area contributed by atoms with Crippen molar-refractivity contribution in [1.29, 1.82) is 0 Å². The summed E-state index contributed by atoms with van der Waals surface area (Å²) in [6, 6.07) is 11.2. The molecule has 1 aliphatic rings. The van der Waals surface area contributed by atoms with Crippen LogP contribution in [0.1, 0.15) is 36.5 Å². The number of benzene rings is 2. The molecule has 6 nitrogen and oxygen atoms in total. The maximum Gasteiger partial charge on any atom is 0.261 e. The van der Waals surface area contributed by atoms with Gasteiger partial charge in [-0.3, -0.25) is 9.52 Å². The van der Waals surface area contributed by atoms with E-state index in [-0.39, 0.29) is 16.5 Å². The fraction of sp³-hybridized carbons (Fsp3) is 0.409. The number of anilines is 1. The van der Waals surface area contributed by atoms with Crippen molar-refractivity contribution in [3.05, 3.63) is 59.9 Å². The fourth-order valence-electron chi connectivity index (χ4n) is 3.55. The molecular formula is C22H28FN3O3S. The van der Waals surface area contributed by atoms with Gasteiger partial charge in [0.1, 0.15) is 5.82 Å². The topological polar surface area (TPSA) is 78.5 Å². The SMILES string of the molecule is CC(CNC(=O)c1ccc(S(=O)(=O)Nc2ccccc2F)cc1)CN1CCCCC1. The first-order valence-electron chi connectivity index (χ1n) is 10.2. The zero-order chi connectivity index (χ0) is 21.6. The van der Waals surface area contributed by atoms with Gasteiger partial charge in [0.2, 0.25) is 0 Å². The number of halogens is 1. The first kappa shape index (κ1) is 22.2. The molecule has 1 atom stereocenters. The van der Waals surface area contributed by atoms with E-state index in [1.807, 2.05) is 0 Å². The van der Waals surface area contributed by atoms with Crippen LogP contribution in [0.5, 0.6) is 0 Å². The molecule has 0 radical (unpaired) electrons. The Balaban J connectivity index is 1.55. The lowest BCUT2D eigenvalue weighted by molar-refractivity contribution is 0.0942. The largest absolute Gasteiger partial charge is 0.352 e. The smallest absolute Gasteiger partial charge is 0.261 e. The minimum atomic E-state index is -3.95. The second kappa shape index (κ2) is 10.0. The summed E-state index contributed by atoms with van der Waals surface area (Å²) in [5.41, 5.74) is 0.257. The van der Waals surface area contributed by atoms with Gasteiger partial charge in [-0.2, -0.15) is 0 Å². The first-order chi connectivity index (χ1) is 14.3. The normalized spacial score (nSPS) is 16.1. The summed E-state index contributed by atoms with van der Waals surface area (Å²) >= 11 is 0. The third kappa shape index (κ3) is 6.03. The van der Waals surface area contributed by atoms with Gasteiger partial charge in [-0.1, -0.05) is 25.5 Å². The molecule has 0 aromatic heterocycles. The van der Waals surface area contributed by atoms with E-state index in [1.165, 1.54) is 61.7 Å². The zero-order valence-electron chi connectivity index (χ0n) is 17.1. The third-order valence-corrected chi connectivity index (χ3v) is 6.56. The molecule has 1 saturated heterocycles. The van der Waals surface area contributed by atoms with Gasteiger partial charge in [-0.05, 0) is 68.2 Å². The second-order valence-corrected chi connectivity index (χ2v) is 9.47. The van der Waals surface area contributed by atoms with Crippen molar-refractivity contribution in [3.63, 3.8) is 0 Å². The number of nitrogens with zero attached hydrogens (tertiary/aromatic N) is 1. The van der Waals surface area contributed by atoms with Crippen molar-refractivity contribution in [2.45, 2.75) is 31.1 Å². The Morgan fingerprint density at radius 1 is 1.07 bits per heavy atom. The van der Waals surface area contributed by atoms with E-state index in [0.29, 0.717) is 18.0 Å². The summed E-state index contributed by atoms with van der Waals surface area (Å²) in [5, 5.41) is 2.91. The molecule has 1 amide bonds. The van der Waals surface area contributed by atoms with Gasteiger partial charge in [0.15, 0.2) is 0 Å². The van der Waals surface area contributed by atoms with Gasteiger partial charge in [-0.15, -0.1) is 0 Å². The summed E-state index contributed by atoms with van der Waals surface area (Å²) in [5.74, 6) is -0.570. The molecule has 1 heterocycles. The summed E-state index contributed by atoms with van der Waals surface area (Å²) in [6.45, 7) is 5.87. The molecule has 2 aromatic carbocycles. The summed E-state index contributed by atoms with van der Waals surface area (Å²) in [4.78, 5) is 14.8. The molecule has 30 heavy (non-hydrogen) atoms. The fourth-order valence-corrected chi connectivity index (χ4v) is 4.62. The number of hydrogen-bond donors (Lipinski definition) is 2. The van der Waals surface area contributed by atoms with Crippen LogP contribution in [-0.2, 0) is 10.0 Å². The minimum Gasteiger partial charge on any atom is -0.352 e. The van der Waals surface area contributed by atoms with Crippen LogP contribution in [0.3, 0.4) is 0 Å². The van der Waals surface area contributed by atoms with E-state index in [4.69, 9.17) is 0 Å². The highest BCUT2D eigenvalue weighted by Crippen LogP contribution is 2.19. The lowest BCUT2D eigenvalue weighted by Crippen LogP contribution is -2.38. The molecule has 0 spiro atoms. The number of nitrogens with one attached hydrogen (secondary N) is 2. The van der Waals surface area contributed by atoms with E-state index in [9.17, 15) is 17.6 Å². The second-order valence-electron chi connectivity index (χ2n) is 7.79. The molecule has 0 saturated carbocycles. The van der Waals surface area contributed by atoms with Gasteiger partial charge in [0.05, 0.1) is 10.6 Å². The molecule has 2 N–H and O–H groups in total. The Labute approximate surface area is 177 Å². The van der Waals surface area contributed by atoms with Gasteiger partial charge >= 0.3 is 0 Å². The predicted octanol–water partition coefficient (Wildman–Crippen LogP) is 3.48. The number of likely N-dealkylation sites (tertiary alicyclic amines) is 1. The minimum absolute atomic E-state index is 0.0410. The lowest BCUT2D eigenvalue weighted by atomic mass is 10.1. The standard InChI is InChI=1S/C22H28FN3O3S/c1-17(16-26-13-5-2-6-14-26)15-24-22(27)18-9-11-19(12-10-18)30(28,29)25-21-8-4-3-7-20(21)23/h3-4,7-12,17,25H,2,5-6,13-16H2,1H3,(H,24,27). The zero-order valence-corrected chi connectivity index (χ0v) is 17.9. The maximum atomic E-state index is 13.7. The van der Waals surface area contributed by atoms with Gasteiger partial charge in [-0.25, -0.2) is 12.8 Å². The molecular weight excluding hydrogens is 405 g/mol. The Morgan fingerprint density at radius 3 is 2.40 bits per heavy atom. The molecule has 162 valence electrons. The van der Waals surface area contributed by atoms with E-state index >= 15 is 0 Å². The molecule has 0 bridgehead atoms. The predicted molar refractivity (Wildman–Crippen MR) is 115 cm³/mol. The number of carbonyl (C=O) groups is 1. The average Bonchev–Trinajstić information content (AvgIpc) is 2.74. The number of rotatable bonds is 8. The number of carbonyl (C=O) groups excluding carboxylic acids is 1. The van der Waals surface area contributed by atoms with Crippen molar-refractivity contribution >= 4 is 21.6 Å². The van der Waals surface area contributed by atoms with Crippen molar-refractivity contribution in [2.75, 3.05) is 30.9 Å². The Hall–Kier alpha value is -2.45. The van der Waals surface area contributed by atoms with Gasteiger partial charge in [0.25, 0.3) is 15.9 Å². The van der Waals surface area contributed by atoms with Crippen molar-refractivity contribution < 1.29 is 17.6 Å². The van der Waals surface area contributed by atoms with Crippen LogP contribution in [0.2, 0.25) is 0 Å². The van der Waals surface area contributed by atoms with Crippen LogP contribution in [-0.4, -0.2) is 45.4 Å². The van der Waals surface area contributed by atoms with Crippen LogP contribution < -0.4 is 10.0 Å². The van der Waals surface area contributed by atoms with Gasteiger partial charge in [0, 0.05) is 18.7 Å². The number of sulfonamides is 1. The number of piperidine rings is 1. The third-order valence-electron chi connectivity index (χ3n) is 5.17. The Bertz CT molecular complexity index is 958. The van der Waals surface area contributed by atoms with Crippen LogP contribution in [0, 0.1) is 11.7 Å². The molecule has 8 heteroatoms. The first-order valence-corrected chi connectivity index (χ1v) is 11.7. The molecule has 0 aliphatic carbocycles. The highest BCUT2D eigenvalue weighted by molar-refractivity contribution is 7.92. The molecule has 1 unspecified atom stereocenters. The maximum absolute atomic E-state index is 13.7. The average molecular weight is 434 g/mol. The quantitative estimate of drug-likeness (QED) is 0.668. The Morgan fingerprint density at radius 2 is 1.73 bits per heavy atom.